The van der Waals surface area contributed by atoms with E-state index in [2.05, 4.69) is 11.6 Å². The number of carbonyl (C=O) groups is 2. The summed E-state index contributed by atoms with van der Waals surface area (Å²) in [5, 5.41) is 0. The molecule has 0 fully saturated rings. The summed E-state index contributed by atoms with van der Waals surface area (Å²) in [7, 11) is 3.06. The fourth-order valence-electron chi connectivity index (χ4n) is 2.17. The lowest BCUT2D eigenvalue weighted by Gasteiger charge is -2.11. The highest BCUT2D eigenvalue weighted by molar-refractivity contribution is 5.99. The normalized spacial score (nSPS) is 10.4. The van der Waals surface area contributed by atoms with Gasteiger partial charge >= 0.3 is 11.9 Å². The van der Waals surface area contributed by atoms with E-state index < -0.39 is 11.9 Å². The zero-order chi connectivity index (χ0) is 17.0. The molecule has 0 saturated heterocycles. The van der Waals surface area contributed by atoms with Crippen molar-refractivity contribution in [1.29, 1.82) is 0 Å². The van der Waals surface area contributed by atoms with Crippen molar-refractivity contribution >= 4 is 23.0 Å². The maximum Gasteiger partial charge on any atom is 0.341 e. The predicted octanol–water partition coefficient (Wildman–Crippen LogP) is 1.99. The Kier molecular flexibility index (Phi) is 5.00. The van der Waals surface area contributed by atoms with Crippen LogP contribution in [0.3, 0.4) is 0 Å². The highest BCUT2D eigenvalue weighted by atomic mass is 16.5. The van der Waals surface area contributed by atoms with Crippen LogP contribution in [0.2, 0.25) is 0 Å². The number of hydrogen-bond acceptors (Lipinski definition) is 6. The van der Waals surface area contributed by atoms with E-state index in [1.807, 2.05) is 0 Å². The van der Waals surface area contributed by atoms with Crippen LogP contribution < -0.4 is 4.74 Å². The lowest BCUT2D eigenvalue weighted by molar-refractivity contribution is -0.142. The molecule has 0 bridgehead atoms. The largest absolute Gasteiger partial charge is 0.486 e. The lowest BCUT2D eigenvalue weighted by atomic mass is 10.1. The van der Waals surface area contributed by atoms with Gasteiger partial charge in [0.1, 0.15) is 30.1 Å². The van der Waals surface area contributed by atoms with Crippen LogP contribution >= 0.6 is 0 Å². The third kappa shape index (κ3) is 3.33. The average Bonchev–Trinajstić information content (AvgIpc) is 2.86. The van der Waals surface area contributed by atoms with Crippen LogP contribution in [0.5, 0.6) is 5.75 Å². The fraction of sp³-hybridized carbons (Fsp3) is 0.312. The topological polar surface area (TPSA) is 79.7 Å². The number of aromatic nitrogens is 2. The van der Waals surface area contributed by atoms with E-state index in [1.165, 1.54) is 14.0 Å². The van der Waals surface area contributed by atoms with Crippen LogP contribution in [0.15, 0.2) is 24.8 Å². The molecule has 0 aliphatic carbocycles. The summed E-state index contributed by atoms with van der Waals surface area (Å²) in [6.45, 7) is 5.20. The van der Waals surface area contributed by atoms with Crippen molar-refractivity contribution in [3.05, 3.63) is 36.2 Å². The van der Waals surface area contributed by atoms with E-state index in [0.29, 0.717) is 28.2 Å². The van der Waals surface area contributed by atoms with Gasteiger partial charge in [0.2, 0.25) is 0 Å². The van der Waals surface area contributed by atoms with Crippen LogP contribution in [0.25, 0.3) is 11.0 Å². The lowest BCUT2D eigenvalue weighted by Crippen LogP contribution is -2.08. The van der Waals surface area contributed by atoms with Crippen LogP contribution in [-0.4, -0.2) is 35.2 Å². The first-order valence-corrected chi connectivity index (χ1v) is 6.93. The van der Waals surface area contributed by atoms with Gasteiger partial charge in [-0.3, -0.25) is 4.79 Å². The molecule has 23 heavy (non-hydrogen) atoms. The van der Waals surface area contributed by atoms with Crippen LogP contribution in [0.4, 0.5) is 0 Å². The summed E-state index contributed by atoms with van der Waals surface area (Å²) in [5.41, 5.74) is 1.54. The minimum atomic E-state index is -0.506. The second kappa shape index (κ2) is 6.95. The maximum atomic E-state index is 11.9. The number of ether oxygens (including phenoxy) is 3. The first-order chi connectivity index (χ1) is 11.0. The molecule has 7 heteroatoms. The smallest absolute Gasteiger partial charge is 0.341 e. The van der Waals surface area contributed by atoms with Gasteiger partial charge in [-0.05, 0) is 12.1 Å². The molecule has 2 aromatic rings. The van der Waals surface area contributed by atoms with Gasteiger partial charge in [-0.1, -0.05) is 12.7 Å². The predicted molar refractivity (Wildman–Crippen MR) is 83.2 cm³/mol. The molecule has 0 atom stereocenters. The van der Waals surface area contributed by atoms with Gasteiger partial charge in [0.05, 0.1) is 12.6 Å². The van der Waals surface area contributed by atoms with Gasteiger partial charge in [-0.2, -0.15) is 0 Å². The van der Waals surface area contributed by atoms with Crippen molar-refractivity contribution < 1.29 is 23.8 Å². The molecule has 0 radical (unpaired) electrons. The first kappa shape index (κ1) is 16.5. The summed E-state index contributed by atoms with van der Waals surface area (Å²) in [6, 6.07) is 3.29. The van der Waals surface area contributed by atoms with Crippen molar-refractivity contribution in [2.24, 2.45) is 7.05 Å². The summed E-state index contributed by atoms with van der Waals surface area (Å²) < 4.78 is 17.2. The Morgan fingerprint density at radius 2 is 2.13 bits per heavy atom. The number of methoxy groups -OCH3 is 1. The molecule has 0 saturated carbocycles. The number of carbonyl (C=O) groups excluding carboxylic acids is 2. The van der Waals surface area contributed by atoms with Gasteiger partial charge in [0, 0.05) is 14.0 Å². The number of benzene rings is 1. The Morgan fingerprint density at radius 3 is 2.74 bits per heavy atom. The van der Waals surface area contributed by atoms with Crippen molar-refractivity contribution in [2.75, 3.05) is 13.7 Å². The molecule has 0 aliphatic heterocycles. The molecule has 0 unspecified atom stereocenters. The maximum absolute atomic E-state index is 11.9. The van der Waals surface area contributed by atoms with Gasteiger partial charge in [-0.15, -0.1) is 0 Å². The molecule has 1 aromatic carbocycles. The molecule has 1 aromatic heterocycles. The molecule has 122 valence electrons. The Morgan fingerprint density at radius 1 is 1.39 bits per heavy atom. The van der Waals surface area contributed by atoms with Crippen LogP contribution in [-0.2, 0) is 27.9 Å². The monoisotopic (exact) mass is 318 g/mol. The molecule has 0 amide bonds. The standard InChI is InChI=1S/C16H18N2O5/c1-5-8-22-15-11(16(20)21-4)6-7-12-14(15)18(3)13(17-12)9-23-10(2)19/h5-7H,1,8-9H2,2-4H3. The third-order valence-corrected chi connectivity index (χ3v) is 3.24. The summed E-state index contributed by atoms with van der Waals surface area (Å²) in [5.74, 6) is 0.00290. The molecule has 0 N–H and O–H groups in total. The molecule has 0 aliphatic rings. The number of rotatable bonds is 6. The molecule has 0 spiro atoms. The first-order valence-electron chi connectivity index (χ1n) is 6.93. The molecular formula is C16H18N2O5. The second-order valence-corrected chi connectivity index (χ2v) is 4.77. The van der Waals surface area contributed by atoms with E-state index in [0.717, 1.165) is 0 Å². The van der Waals surface area contributed by atoms with E-state index in [1.54, 1.807) is 29.8 Å². The fourth-order valence-corrected chi connectivity index (χ4v) is 2.17. The molecular weight excluding hydrogens is 300 g/mol. The van der Waals surface area contributed by atoms with Crippen molar-refractivity contribution in [3.63, 3.8) is 0 Å². The molecule has 1 heterocycles. The number of fused-ring (bicyclic) bond motifs is 1. The Hall–Kier alpha value is -2.83. The minimum Gasteiger partial charge on any atom is -0.486 e. The molecule has 7 nitrogen and oxygen atoms in total. The summed E-state index contributed by atoms with van der Waals surface area (Å²) >= 11 is 0. The van der Waals surface area contributed by atoms with Crippen molar-refractivity contribution in [1.82, 2.24) is 9.55 Å². The van der Waals surface area contributed by atoms with E-state index in [4.69, 9.17) is 14.2 Å². The molecule has 2 rings (SSSR count). The zero-order valence-electron chi connectivity index (χ0n) is 13.3. The summed E-state index contributed by atoms with van der Waals surface area (Å²) in [4.78, 5) is 27.3. The number of aryl methyl sites for hydroxylation is 1. The third-order valence-electron chi connectivity index (χ3n) is 3.24. The zero-order valence-corrected chi connectivity index (χ0v) is 13.3. The van der Waals surface area contributed by atoms with Gasteiger partial charge in [0.25, 0.3) is 0 Å². The number of imidazole rings is 1. The number of nitrogens with zero attached hydrogens (tertiary/aromatic N) is 2. The SMILES string of the molecule is C=CCOc1c(C(=O)OC)ccc2nc(COC(C)=O)n(C)c12. The van der Waals surface area contributed by atoms with Gasteiger partial charge in [-0.25, -0.2) is 9.78 Å². The van der Waals surface area contributed by atoms with Crippen molar-refractivity contribution in [3.8, 4) is 5.75 Å². The van der Waals surface area contributed by atoms with Crippen molar-refractivity contribution in [2.45, 2.75) is 13.5 Å². The quantitative estimate of drug-likeness (QED) is 0.598. The van der Waals surface area contributed by atoms with E-state index >= 15 is 0 Å². The number of esters is 2. The van der Waals surface area contributed by atoms with Gasteiger partial charge in [0.15, 0.2) is 5.75 Å². The van der Waals surface area contributed by atoms with E-state index in [9.17, 15) is 9.59 Å². The number of hydrogen-bond donors (Lipinski definition) is 0. The summed E-state index contributed by atoms with van der Waals surface area (Å²) in [6.07, 6.45) is 1.58. The van der Waals surface area contributed by atoms with Crippen LogP contribution in [0.1, 0.15) is 23.1 Å². The Bertz CT molecular complexity index is 763. The minimum absolute atomic E-state index is 0.0367. The van der Waals surface area contributed by atoms with Crippen LogP contribution in [0, 0.1) is 0 Å². The highest BCUT2D eigenvalue weighted by Crippen LogP contribution is 2.31. The Balaban J connectivity index is 2.58. The Labute approximate surface area is 133 Å². The van der Waals surface area contributed by atoms with E-state index in [-0.39, 0.29) is 13.2 Å². The second-order valence-electron chi connectivity index (χ2n) is 4.77. The average molecular weight is 318 g/mol. The van der Waals surface area contributed by atoms with Gasteiger partial charge < -0.3 is 18.8 Å². The highest BCUT2D eigenvalue weighted by Gasteiger charge is 2.21.